The third-order valence-electron chi connectivity index (χ3n) is 2.36. The van der Waals surface area contributed by atoms with Crippen molar-refractivity contribution in [3.63, 3.8) is 0 Å². The lowest BCUT2D eigenvalue weighted by Crippen LogP contribution is -2.23. The van der Waals surface area contributed by atoms with Gasteiger partial charge in [0, 0.05) is 23.3 Å². The summed E-state index contributed by atoms with van der Waals surface area (Å²) in [7, 11) is 0. The molecule has 0 saturated heterocycles. The number of H-pyrrole nitrogens is 1. The first-order valence-electron chi connectivity index (χ1n) is 5.22. The zero-order valence-corrected chi connectivity index (χ0v) is 9.91. The molecule has 0 aliphatic rings. The Hall–Kier alpha value is -1.66. The van der Waals surface area contributed by atoms with Gasteiger partial charge >= 0.3 is 5.97 Å². The molecule has 0 spiro atoms. The Morgan fingerprint density at radius 1 is 1.59 bits per heavy atom. The van der Waals surface area contributed by atoms with E-state index < -0.39 is 5.97 Å². The van der Waals surface area contributed by atoms with E-state index >= 15 is 0 Å². The van der Waals surface area contributed by atoms with Gasteiger partial charge in [0.05, 0.1) is 12.5 Å². The van der Waals surface area contributed by atoms with Crippen molar-refractivity contribution in [1.82, 2.24) is 15.5 Å². The van der Waals surface area contributed by atoms with Crippen molar-refractivity contribution in [2.75, 3.05) is 0 Å². The Morgan fingerprint density at radius 2 is 2.47 bits per heavy atom. The van der Waals surface area contributed by atoms with Crippen molar-refractivity contribution < 1.29 is 9.90 Å². The van der Waals surface area contributed by atoms with Crippen molar-refractivity contribution >= 4 is 17.3 Å². The second kappa shape index (κ2) is 5.60. The van der Waals surface area contributed by atoms with Crippen molar-refractivity contribution in [3.8, 4) is 0 Å². The molecule has 0 radical (unpaired) electrons. The molecule has 0 aliphatic carbocycles. The lowest BCUT2D eigenvalue weighted by atomic mass is 10.1. The van der Waals surface area contributed by atoms with E-state index in [2.05, 4.69) is 15.5 Å². The number of nitrogens with one attached hydrogen (secondary N) is 2. The fraction of sp³-hybridized carbons (Fsp3) is 0.273. The quantitative estimate of drug-likeness (QED) is 0.731. The van der Waals surface area contributed by atoms with Crippen LogP contribution in [-0.2, 0) is 11.3 Å². The van der Waals surface area contributed by atoms with Crippen molar-refractivity contribution in [3.05, 3.63) is 40.3 Å². The van der Waals surface area contributed by atoms with Crippen LogP contribution in [0.25, 0.3) is 0 Å². The van der Waals surface area contributed by atoms with E-state index in [0.29, 0.717) is 6.54 Å². The van der Waals surface area contributed by atoms with E-state index in [1.54, 1.807) is 17.5 Å². The number of aliphatic carboxylic acids is 1. The molecule has 2 rings (SSSR count). The fourth-order valence-corrected chi connectivity index (χ4v) is 2.36. The fourth-order valence-electron chi connectivity index (χ4n) is 1.55. The summed E-state index contributed by atoms with van der Waals surface area (Å²) in [6, 6.07) is 5.57. The summed E-state index contributed by atoms with van der Waals surface area (Å²) in [4.78, 5) is 11.8. The molecule has 2 aromatic heterocycles. The van der Waals surface area contributed by atoms with Gasteiger partial charge in [0.2, 0.25) is 0 Å². The van der Waals surface area contributed by atoms with Gasteiger partial charge in [-0.05, 0) is 17.5 Å². The average Bonchev–Trinajstić information content (AvgIpc) is 2.96. The highest BCUT2D eigenvalue weighted by atomic mass is 32.1. The summed E-state index contributed by atoms with van der Waals surface area (Å²) in [6.45, 7) is 0.579. The predicted molar refractivity (Wildman–Crippen MR) is 64.7 cm³/mol. The Balaban J connectivity index is 1.98. The second-order valence-electron chi connectivity index (χ2n) is 3.63. The normalized spacial score (nSPS) is 12.5. The van der Waals surface area contributed by atoms with Gasteiger partial charge in [0.15, 0.2) is 0 Å². The van der Waals surface area contributed by atoms with E-state index in [1.165, 1.54) is 0 Å². The third-order valence-corrected chi connectivity index (χ3v) is 3.35. The van der Waals surface area contributed by atoms with Gasteiger partial charge in [0.1, 0.15) is 0 Å². The average molecular weight is 251 g/mol. The lowest BCUT2D eigenvalue weighted by molar-refractivity contribution is -0.137. The Morgan fingerprint density at radius 3 is 3.06 bits per heavy atom. The molecule has 0 fully saturated rings. The van der Waals surface area contributed by atoms with Crippen LogP contribution >= 0.6 is 11.3 Å². The molecule has 17 heavy (non-hydrogen) atoms. The van der Waals surface area contributed by atoms with E-state index in [9.17, 15) is 4.79 Å². The molecule has 6 heteroatoms. The monoisotopic (exact) mass is 251 g/mol. The molecule has 3 N–H and O–H groups in total. The topological polar surface area (TPSA) is 78.0 Å². The molecular formula is C11H13N3O2S. The van der Waals surface area contributed by atoms with Gasteiger partial charge in [-0.15, -0.1) is 11.3 Å². The highest BCUT2D eigenvalue weighted by Gasteiger charge is 2.15. The number of thiophene rings is 1. The molecule has 0 aromatic carbocycles. The van der Waals surface area contributed by atoms with Crippen LogP contribution in [0.1, 0.15) is 23.0 Å². The number of carboxylic acids is 1. The van der Waals surface area contributed by atoms with Crippen LogP contribution < -0.4 is 5.32 Å². The number of carboxylic acid groups (broad SMARTS) is 1. The summed E-state index contributed by atoms with van der Waals surface area (Å²) in [5, 5.41) is 20.7. The molecule has 2 aromatic rings. The maximum Gasteiger partial charge on any atom is 0.305 e. The van der Waals surface area contributed by atoms with Crippen LogP contribution in [0.4, 0.5) is 0 Å². The first-order valence-corrected chi connectivity index (χ1v) is 6.10. The maximum atomic E-state index is 10.8. The van der Waals surface area contributed by atoms with Crippen molar-refractivity contribution in [1.29, 1.82) is 0 Å². The largest absolute Gasteiger partial charge is 0.481 e. The first-order chi connectivity index (χ1) is 8.25. The standard InChI is InChI=1S/C11H13N3O2S/c15-11(16)6-9(10-2-1-5-17-10)12-7-8-3-4-13-14-8/h1-5,9,12H,6-7H2,(H,13,14)(H,15,16). The molecule has 0 saturated carbocycles. The van der Waals surface area contributed by atoms with Gasteiger partial charge in [-0.25, -0.2) is 0 Å². The Labute approximate surface area is 102 Å². The number of carbonyl (C=O) groups is 1. The van der Waals surface area contributed by atoms with Gasteiger partial charge in [-0.1, -0.05) is 6.07 Å². The van der Waals surface area contributed by atoms with Crippen LogP contribution in [0.3, 0.4) is 0 Å². The van der Waals surface area contributed by atoms with Crippen LogP contribution in [0.5, 0.6) is 0 Å². The number of rotatable bonds is 6. The molecule has 90 valence electrons. The van der Waals surface area contributed by atoms with Crippen LogP contribution in [-0.4, -0.2) is 21.3 Å². The second-order valence-corrected chi connectivity index (χ2v) is 4.61. The van der Waals surface area contributed by atoms with Gasteiger partial charge in [-0.2, -0.15) is 5.10 Å². The SMILES string of the molecule is O=C(O)CC(NCc1ccn[nH]1)c1cccs1. The van der Waals surface area contributed by atoms with Crippen molar-refractivity contribution in [2.45, 2.75) is 19.0 Å². The number of aromatic nitrogens is 2. The summed E-state index contributed by atoms with van der Waals surface area (Å²) in [6.07, 6.45) is 1.75. The molecule has 2 heterocycles. The lowest BCUT2D eigenvalue weighted by Gasteiger charge is -2.14. The molecule has 0 bridgehead atoms. The zero-order valence-electron chi connectivity index (χ0n) is 9.09. The van der Waals surface area contributed by atoms with E-state index in [4.69, 9.17) is 5.11 Å². The van der Waals surface area contributed by atoms with Crippen LogP contribution in [0.2, 0.25) is 0 Å². The third kappa shape index (κ3) is 3.40. The molecular weight excluding hydrogens is 238 g/mol. The van der Waals surface area contributed by atoms with Gasteiger partial charge in [-0.3, -0.25) is 9.89 Å². The summed E-state index contributed by atoms with van der Waals surface area (Å²) >= 11 is 1.56. The number of aromatic amines is 1. The van der Waals surface area contributed by atoms with Crippen LogP contribution in [0.15, 0.2) is 29.8 Å². The number of hydrogen-bond donors (Lipinski definition) is 3. The highest BCUT2D eigenvalue weighted by Crippen LogP contribution is 2.22. The molecule has 5 nitrogen and oxygen atoms in total. The minimum Gasteiger partial charge on any atom is -0.481 e. The van der Waals surface area contributed by atoms with E-state index in [1.807, 2.05) is 23.6 Å². The minimum absolute atomic E-state index is 0.0780. The number of hydrogen-bond acceptors (Lipinski definition) is 4. The number of nitrogens with zero attached hydrogens (tertiary/aromatic N) is 1. The summed E-state index contributed by atoms with van der Waals surface area (Å²) in [5.74, 6) is -0.805. The predicted octanol–water partition coefficient (Wildman–Crippen LogP) is 1.78. The minimum atomic E-state index is -0.805. The van der Waals surface area contributed by atoms with Crippen LogP contribution in [0, 0.1) is 0 Å². The van der Waals surface area contributed by atoms with Gasteiger partial charge in [0.25, 0.3) is 0 Å². The van der Waals surface area contributed by atoms with Gasteiger partial charge < -0.3 is 10.4 Å². The smallest absolute Gasteiger partial charge is 0.305 e. The highest BCUT2D eigenvalue weighted by molar-refractivity contribution is 7.10. The molecule has 0 aliphatic heterocycles. The zero-order chi connectivity index (χ0) is 12.1. The van der Waals surface area contributed by atoms with Crippen molar-refractivity contribution in [2.24, 2.45) is 0 Å². The molecule has 1 atom stereocenters. The maximum absolute atomic E-state index is 10.8. The Kier molecular flexibility index (Phi) is 3.89. The Bertz CT molecular complexity index is 453. The molecule has 1 unspecified atom stereocenters. The van der Waals surface area contributed by atoms with E-state index in [-0.39, 0.29) is 12.5 Å². The van der Waals surface area contributed by atoms with E-state index in [0.717, 1.165) is 10.6 Å². The molecule has 0 amide bonds. The first kappa shape index (κ1) is 11.8. The summed E-state index contributed by atoms with van der Waals surface area (Å²) in [5.41, 5.74) is 0.942. The summed E-state index contributed by atoms with van der Waals surface area (Å²) < 4.78 is 0.